The van der Waals surface area contributed by atoms with Crippen LogP contribution in [0.2, 0.25) is 25.7 Å². The van der Waals surface area contributed by atoms with Crippen molar-refractivity contribution >= 4 is 8.07 Å². The molecule has 0 aromatic carbocycles. The Morgan fingerprint density at radius 2 is 1.78 bits per heavy atom. The van der Waals surface area contributed by atoms with Crippen molar-refractivity contribution in [3.05, 3.63) is 0 Å². The fourth-order valence-electron chi connectivity index (χ4n) is 0.795. The third-order valence-corrected chi connectivity index (χ3v) is 3.21. The highest BCUT2D eigenvalue weighted by Gasteiger charge is 2.10. The van der Waals surface area contributed by atoms with Crippen molar-refractivity contribution in [2.24, 2.45) is 0 Å². The van der Waals surface area contributed by atoms with Crippen LogP contribution in [0.1, 0.15) is 6.42 Å². The number of hydrogen-bond donors (Lipinski definition) is 1. The van der Waals surface area contributed by atoms with Crippen molar-refractivity contribution < 1.29 is 0 Å². The van der Waals surface area contributed by atoms with Gasteiger partial charge < -0.3 is 5.32 Å². The van der Waals surface area contributed by atoms with E-state index < -0.39 is 8.07 Å². The molecule has 0 aliphatic carbocycles. The van der Waals surface area contributed by atoms with Crippen LogP contribution in [0.25, 0.3) is 0 Å². The maximum absolute atomic E-state index is 3.16. The van der Waals surface area contributed by atoms with Crippen LogP contribution in [-0.4, -0.2) is 21.7 Å². The minimum atomic E-state index is -0.734. The van der Waals surface area contributed by atoms with Gasteiger partial charge in [0.05, 0.1) is 0 Å². The Bertz CT molecular complexity index is 65.8. The van der Waals surface area contributed by atoms with E-state index in [-0.39, 0.29) is 0 Å². The maximum atomic E-state index is 3.16. The van der Waals surface area contributed by atoms with Gasteiger partial charge in [-0.2, -0.15) is 0 Å². The molecule has 0 rings (SSSR count). The summed E-state index contributed by atoms with van der Waals surface area (Å²) in [6.45, 7) is 8.44. The van der Waals surface area contributed by atoms with Crippen molar-refractivity contribution in [1.82, 2.24) is 5.32 Å². The second kappa shape index (κ2) is 4.07. The van der Waals surface area contributed by atoms with Crippen LogP contribution in [0.5, 0.6) is 0 Å². The van der Waals surface area contributed by atoms with Gasteiger partial charge in [-0.3, -0.25) is 0 Å². The molecule has 0 atom stereocenters. The van der Waals surface area contributed by atoms with Crippen molar-refractivity contribution in [2.75, 3.05) is 13.6 Å². The molecule has 1 N–H and O–H groups in total. The van der Waals surface area contributed by atoms with E-state index in [0.29, 0.717) is 0 Å². The van der Waals surface area contributed by atoms with E-state index in [4.69, 9.17) is 0 Å². The zero-order valence-electron chi connectivity index (χ0n) is 7.12. The summed E-state index contributed by atoms with van der Waals surface area (Å²) >= 11 is 0. The Balaban J connectivity index is 3.07. The van der Waals surface area contributed by atoms with Crippen molar-refractivity contribution in [2.45, 2.75) is 32.1 Å². The van der Waals surface area contributed by atoms with Crippen molar-refractivity contribution in [3.63, 3.8) is 0 Å². The molecule has 0 aliphatic rings. The summed E-state index contributed by atoms with van der Waals surface area (Å²) in [5.74, 6) is 0. The topological polar surface area (TPSA) is 12.0 Å². The number of rotatable bonds is 4. The monoisotopic (exact) mass is 145 g/mol. The summed E-state index contributed by atoms with van der Waals surface area (Å²) in [6, 6.07) is 1.45. The second-order valence-electron chi connectivity index (χ2n) is 3.77. The molecule has 0 unspecified atom stereocenters. The highest BCUT2D eigenvalue weighted by molar-refractivity contribution is 6.76. The molecule has 0 spiro atoms. The Hall–Kier alpha value is 0.177. The van der Waals surface area contributed by atoms with Gasteiger partial charge in [0.1, 0.15) is 0 Å². The third kappa shape index (κ3) is 8.18. The summed E-state index contributed by atoms with van der Waals surface area (Å²) in [7, 11) is 1.28. The molecule has 0 radical (unpaired) electrons. The standard InChI is InChI=1S/C7H19NSi/c1-8-6-5-7-9(2,3)4/h8H,5-7H2,1-4H3. The van der Waals surface area contributed by atoms with Gasteiger partial charge in [-0.05, 0) is 20.0 Å². The second-order valence-corrected chi connectivity index (χ2v) is 9.39. The van der Waals surface area contributed by atoms with E-state index in [9.17, 15) is 0 Å². The molecule has 0 amide bonds. The Morgan fingerprint density at radius 1 is 1.22 bits per heavy atom. The summed E-state index contributed by atoms with van der Waals surface area (Å²) in [5, 5.41) is 3.16. The SMILES string of the molecule is CNCCC[Si](C)(C)C. The van der Waals surface area contributed by atoms with Gasteiger partial charge >= 0.3 is 0 Å². The van der Waals surface area contributed by atoms with Crippen molar-refractivity contribution in [1.29, 1.82) is 0 Å². The van der Waals surface area contributed by atoms with E-state index in [1.165, 1.54) is 19.0 Å². The lowest BCUT2D eigenvalue weighted by Gasteiger charge is -2.14. The molecule has 0 bridgehead atoms. The lowest BCUT2D eigenvalue weighted by atomic mass is 10.5. The van der Waals surface area contributed by atoms with Gasteiger partial charge in [0.15, 0.2) is 0 Å². The number of nitrogens with one attached hydrogen (secondary N) is 1. The van der Waals surface area contributed by atoms with E-state index in [0.717, 1.165) is 0 Å². The highest BCUT2D eigenvalue weighted by Crippen LogP contribution is 2.09. The molecule has 2 heteroatoms. The third-order valence-electron chi connectivity index (χ3n) is 1.35. The molecular weight excluding hydrogens is 126 g/mol. The average molecular weight is 145 g/mol. The first kappa shape index (κ1) is 9.18. The maximum Gasteiger partial charge on any atom is 0.0443 e. The molecule has 0 heterocycles. The minimum absolute atomic E-state index is 0.734. The van der Waals surface area contributed by atoms with Crippen LogP contribution < -0.4 is 5.32 Å². The molecule has 0 saturated heterocycles. The summed E-state index contributed by atoms with van der Waals surface area (Å²) in [6.07, 6.45) is 1.35. The van der Waals surface area contributed by atoms with E-state index in [2.05, 4.69) is 25.0 Å². The van der Waals surface area contributed by atoms with Crippen LogP contribution in [0.4, 0.5) is 0 Å². The lowest BCUT2D eigenvalue weighted by Crippen LogP contribution is -2.21. The highest BCUT2D eigenvalue weighted by atomic mass is 28.3. The molecular formula is C7H19NSi. The van der Waals surface area contributed by atoms with Gasteiger partial charge in [0.25, 0.3) is 0 Å². The van der Waals surface area contributed by atoms with Crippen LogP contribution in [-0.2, 0) is 0 Å². The van der Waals surface area contributed by atoms with Gasteiger partial charge in [-0.25, -0.2) is 0 Å². The van der Waals surface area contributed by atoms with Crippen LogP contribution in [0.15, 0.2) is 0 Å². The van der Waals surface area contributed by atoms with E-state index in [1.54, 1.807) is 0 Å². The van der Waals surface area contributed by atoms with Crippen LogP contribution >= 0.6 is 0 Å². The zero-order chi connectivity index (χ0) is 7.33. The molecule has 9 heavy (non-hydrogen) atoms. The molecule has 0 saturated carbocycles. The normalized spacial score (nSPS) is 12.0. The molecule has 0 aromatic heterocycles. The first-order chi connectivity index (χ1) is 4.06. The Labute approximate surface area is 59.9 Å². The predicted molar refractivity (Wildman–Crippen MR) is 46.7 cm³/mol. The summed E-state index contributed by atoms with van der Waals surface area (Å²) in [4.78, 5) is 0. The van der Waals surface area contributed by atoms with Crippen molar-refractivity contribution in [3.8, 4) is 0 Å². The predicted octanol–water partition coefficient (Wildman–Crippen LogP) is 1.93. The average Bonchev–Trinajstić information content (AvgIpc) is 1.63. The fourth-order valence-corrected chi connectivity index (χ4v) is 2.03. The smallest absolute Gasteiger partial charge is 0.0443 e. The minimum Gasteiger partial charge on any atom is -0.320 e. The fraction of sp³-hybridized carbons (Fsp3) is 1.00. The van der Waals surface area contributed by atoms with E-state index in [1.807, 2.05) is 7.05 Å². The first-order valence-electron chi connectivity index (χ1n) is 3.71. The molecule has 0 aromatic rings. The quantitative estimate of drug-likeness (QED) is 0.471. The summed E-state index contributed by atoms with van der Waals surface area (Å²) in [5.41, 5.74) is 0. The first-order valence-corrected chi connectivity index (χ1v) is 7.41. The molecule has 0 aliphatic heterocycles. The molecule has 1 nitrogen and oxygen atoms in total. The molecule has 56 valence electrons. The van der Waals surface area contributed by atoms with E-state index >= 15 is 0 Å². The van der Waals surface area contributed by atoms with Gasteiger partial charge in [0.2, 0.25) is 0 Å². The Morgan fingerprint density at radius 3 is 2.11 bits per heavy atom. The Kier molecular flexibility index (Phi) is 4.15. The van der Waals surface area contributed by atoms with Gasteiger partial charge in [-0.15, -0.1) is 0 Å². The number of hydrogen-bond acceptors (Lipinski definition) is 1. The summed E-state index contributed by atoms with van der Waals surface area (Å²) < 4.78 is 0. The lowest BCUT2D eigenvalue weighted by molar-refractivity contribution is 0.765. The molecule has 0 fully saturated rings. The zero-order valence-corrected chi connectivity index (χ0v) is 8.12. The van der Waals surface area contributed by atoms with Gasteiger partial charge in [-0.1, -0.05) is 25.7 Å². The van der Waals surface area contributed by atoms with Crippen LogP contribution in [0, 0.1) is 0 Å². The largest absolute Gasteiger partial charge is 0.320 e. The van der Waals surface area contributed by atoms with Crippen LogP contribution in [0.3, 0.4) is 0 Å². The van der Waals surface area contributed by atoms with Gasteiger partial charge in [0, 0.05) is 8.07 Å².